The Labute approximate surface area is 156 Å². The van der Waals surface area contributed by atoms with Crippen molar-refractivity contribution in [3.05, 3.63) is 69.3 Å². The van der Waals surface area contributed by atoms with Gasteiger partial charge in [-0.3, -0.25) is 29.5 Å². The normalized spacial score (nSPS) is 13.3. The summed E-state index contributed by atoms with van der Waals surface area (Å²) in [5, 5.41) is 11.2. The van der Waals surface area contributed by atoms with Gasteiger partial charge in [0.25, 0.3) is 17.5 Å². The summed E-state index contributed by atoms with van der Waals surface area (Å²) in [4.78, 5) is 40.5. The number of hydrogen-bond acceptors (Lipinski definition) is 6. The zero-order chi connectivity index (χ0) is 19.7. The van der Waals surface area contributed by atoms with E-state index >= 15 is 0 Å². The van der Waals surface area contributed by atoms with Gasteiger partial charge in [0.15, 0.2) is 0 Å². The standard InChI is InChI=1S/C19H20N4O4/c1-20(2)14-9-7-13(8-10-14)11-21(3)12-22-18(24)15-5-4-6-16(23(26)27)17(15)19(22)25/h4-10H,11-12H2,1-3H3. The maximum Gasteiger partial charge on any atom is 0.282 e. The number of anilines is 1. The molecule has 1 heterocycles. The van der Waals surface area contributed by atoms with Crippen molar-refractivity contribution in [3.63, 3.8) is 0 Å². The van der Waals surface area contributed by atoms with Crippen LogP contribution < -0.4 is 4.90 Å². The van der Waals surface area contributed by atoms with E-state index in [1.54, 1.807) is 7.05 Å². The lowest BCUT2D eigenvalue weighted by Crippen LogP contribution is -2.39. The van der Waals surface area contributed by atoms with Crippen LogP contribution in [0.4, 0.5) is 11.4 Å². The van der Waals surface area contributed by atoms with Gasteiger partial charge in [-0.2, -0.15) is 0 Å². The van der Waals surface area contributed by atoms with Crippen LogP contribution in [0.5, 0.6) is 0 Å². The Bertz CT molecular complexity index is 908. The molecular weight excluding hydrogens is 348 g/mol. The number of nitro groups is 1. The minimum Gasteiger partial charge on any atom is -0.378 e. The van der Waals surface area contributed by atoms with Crippen LogP contribution in [0.3, 0.4) is 0 Å². The van der Waals surface area contributed by atoms with E-state index in [1.807, 2.05) is 48.2 Å². The Morgan fingerprint density at radius 1 is 1.00 bits per heavy atom. The molecule has 0 radical (unpaired) electrons. The van der Waals surface area contributed by atoms with Gasteiger partial charge in [-0.25, -0.2) is 0 Å². The number of hydrogen-bond donors (Lipinski definition) is 0. The van der Waals surface area contributed by atoms with Gasteiger partial charge in [-0.1, -0.05) is 18.2 Å². The third-order valence-electron chi connectivity index (χ3n) is 4.46. The van der Waals surface area contributed by atoms with E-state index in [2.05, 4.69) is 0 Å². The summed E-state index contributed by atoms with van der Waals surface area (Å²) < 4.78 is 0. The molecule has 0 fully saturated rings. The van der Waals surface area contributed by atoms with Crippen molar-refractivity contribution in [2.45, 2.75) is 6.54 Å². The van der Waals surface area contributed by atoms with E-state index in [0.29, 0.717) is 6.54 Å². The van der Waals surface area contributed by atoms with Crippen LogP contribution in [0.1, 0.15) is 26.3 Å². The molecule has 0 saturated carbocycles. The fourth-order valence-electron chi connectivity index (χ4n) is 3.10. The molecule has 3 rings (SSSR count). The average molecular weight is 368 g/mol. The number of nitro benzene ring substituents is 1. The van der Waals surface area contributed by atoms with Crippen LogP contribution in [0, 0.1) is 10.1 Å². The number of amides is 2. The molecule has 0 spiro atoms. The topological polar surface area (TPSA) is 87.0 Å². The van der Waals surface area contributed by atoms with Gasteiger partial charge in [0.2, 0.25) is 0 Å². The Morgan fingerprint density at radius 2 is 1.67 bits per heavy atom. The number of benzene rings is 2. The predicted octanol–water partition coefficient (Wildman–Crippen LogP) is 2.35. The predicted molar refractivity (Wildman–Crippen MR) is 101 cm³/mol. The molecule has 2 aromatic carbocycles. The van der Waals surface area contributed by atoms with E-state index in [-0.39, 0.29) is 23.5 Å². The first-order valence-corrected chi connectivity index (χ1v) is 8.38. The molecule has 1 aliphatic rings. The second-order valence-corrected chi connectivity index (χ2v) is 6.71. The van der Waals surface area contributed by atoms with Crippen LogP contribution in [0.15, 0.2) is 42.5 Å². The molecule has 0 aliphatic carbocycles. The second kappa shape index (κ2) is 7.16. The molecule has 0 unspecified atom stereocenters. The highest BCUT2D eigenvalue weighted by atomic mass is 16.6. The summed E-state index contributed by atoms with van der Waals surface area (Å²) in [6.45, 7) is 0.585. The highest BCUT2D eigenvalue weighted by Gasteiger charge is 2.41. The van der Waals surface area contributed by atoms with E-state index in [9.17, 15) is 19.7 Å². The summed E-state index contributed by atoms with van der Waals surface area (Å²) in [6, 6.07) is 12.1. The van der Waals surface area contributed by atoms with Crippen molar-refractivity contribution in [2.24, 2.45) is 0 Å². The lowest BCUT2D eigenvalue weighted by Gasteiger charge is -2.23. The van der Waals surface area contributed by atoms with Crippen molar-refractivity contribution < 1.29 is 14.5 Å². The fourth-order valence-corrected chi connectivity index (χ4v) is 3.10. The first kappa shape index (κ1) is 18.5. The van der Waals surface area contributed by atoms with E-state index < -0.39 is 16.7 Å². The van der Waals surface area contributed by atoms with Gasteiger partial charge in [-0.15, -0.1) is 0 Å². The molecule has 0 bridgehead atoms. The third kappa shape index (κ3) is 3.52. The third-order valence-corrected chi connectivity index (χ3v) is 4.46. The number of nitrogens with zero attached hydrogens (tertiary/aromatic N) is 4. The summed E-state index contributed by atoms with van der Waals surface area (Å²) in [7, 11) is 5.71. The highest BCUT2D eigenvalue weighted by molar-refractivity contribution is 6.23. The van der Waals surface area contributed by atoms with Crippen molar-refractivity contribution in [2.75, 3.05) is 32.7 Å². The van der Waals surface area contributed by atoms with Gasteiger partial charge in [0.1, 0.15) is 5.56 Å². The zero-order valence-corrected chi connectivity index (χ0v) is 15.4. The van der Waals surface area contributed by atoms with Crippen LogP contribution >= 0.6 is 0 Å². The molecule has 8 heteroatoms. The molecule has 27 heavy (non-hydrogen) atoms. The molecule has 140 valence electrons. The minimum atomic E-state index is -0.635. The number of carbonyl (C=O) groups excluding carboxylic acids is 2. The number of carbonyl (C=O) groups is 2. The van der Waals surface area contributed by atoms with E-state index in [0.717, 1.165) is 16.2 Å². The maximum absolute atomic E-state index is 12.6. The Kier molecular flexibility index (Phi) is 4.91. The molecule has 0 saturated heterocycles. The molecule has 0 atom stereocenters. The van der Waals surface area contributed by atoms with Crippen molar-refractivity contribution in [1.29, 1.82) is 0 Å². The lowest BCUT2D eigenvalue weighted by molar-refractivity contribution is -0.385. The quantitative estimate of drug-likeness (QED) is 0.442. The van der Waals surface area contributed by atoms with Crippen LogP contribution in [0.2, 0.25) is 0 Å². The number of rotatable bonds is 6. The van der Waals surface area contributed by atoms with Crippen molar-refractivity contribution in [3.8, 4) is 0 Å². The summed E-state index contributed by atoms with van der Waals surface area (Å²) in [5.41, 5.74) is 1.73. The van der Waals surface area contributed by atoms with Crippen LogP contribution in [-0.2, 0) is 6.54 Å². The lowest BCUT2D eigenvalue weighted by atomic mass is 10.1. The first-order valence-electron chi connectivity index (χ1n) is 8.38. The first-order chi connectivity index (χ1) is 12.8. The Hall–Kier alpha value is -3.26. The minimum absolute atomic E-state index is 0.0545. The van der Waals surface area contributed by atoms with Gasteiger partial charge >= 0.3 is 0 Å². The summed E-state index contributed by atoms with van der Waals surface area (Å²) in [5.74, 6) is -1.13. The molecule has 0 N–H and O–H groups in total. The smallest absolute Gasteiger partial charge is 0.282 e. The van der Waals surface area contributed by atoms with Crippen molar-refractivity contribution in [1.82, 2.24) is 9.80 Å². The van der Waals surface area contributed by atoms with Gasteiger partial charge < -0.3 is 4.90 Å². The summed E-state index contributed by atoms with van der Waals surface area (Å²) in [6.07, 6.45) is 0. The van der Waals surface area contributed by atoms with Gasteiger partial charge in [0.05, 0.1) is 17.2 Å². The Balaban J connectivity index is 1.74. The average Bonchev–Trinajstić information content (AvgIpc) is 2.87. The highest BCUT2D eigenvalue weighted by Crippen LogP contribution is 2.30. The second-order valence-electron chi connectivity index (χ2n) is 6.71. The monoisotopic (exact) mass is 368 g/mol. The zero-order valence-electron chi connectivity index (χ0n) is 15.4. The number of fused-ring (bicyclic) bond motifs is 1. The molecule has 2 aromatic rings. The molecule has 0 aromatic heterocycles. The fraction of sp³-hybridized carbons (Fsp3) is 0.263. The SMILES string of the molecule is CN(Cc1ccc(N(C)C)cc1)CN1C(=O)c2cccc([N+](=O)[O-])c2C1=O. The van der Waals surface area contributed by atoms with Gasteiger partial charge in [-0.05, 0) is 30.8 Å². The largest absolute Gasteiger partial charge is 0.378 e. The maximum atomic E-state index is 12.6. The molecule has 8 nitrogen and oxygen atoms in total. The molecule has 2 amide bonds. The molecular formula is C19H20N4O4. The van der Waals surface area contributed by atoms with Crippen molar-refractivity contribution >= 4 is 23.2 Å². The van der Waals surface area contributed by atoms with E-state index in [4.69, 9.17) is 0 Å². The van der Waals surface area contributed by atoms with E-state index in [1.165, 1.54) is 18.2 Å². The number of imide groups is 1. The Morgan fingerprint density at radius 3 is 2.26 bits per heavy atom. The van der Waals surface area contributed by atoms with Crippen LogP contribution in [0.25, 0.3) is 0 Å². The van der Waals surface area contributed by atoms with Crippen LogP contribution in [-0.4, -0.2) is 54.3 Å². The van der Waals surface area contributed by atoms with Gasteiger partial charge in [0, 0.05) is 32.4 Å². The summed E-state index contributed by atoms with van der Waals surface area (Å²) >= 11 is 0. The molecule has 1 aliphatic heterocycles.